The predicted octanol–water partition coefficient (Wildman–Crippen LogP) is 3.19. The standard InChI is InChI=1S/C13H9N5S2/c1-8-6-11(18-12(16-8)14-7-15-18)20-13-17-9-4-2-3-5-10(9)19-13/h2-7H,1H3. The van der Waals surface area contributed by atoms with Crippen LogP contribution < -0.4 is 0 Å². The Morgan fingerprint density at radius 1 is 1.20 bits per heavy atom. The van der Waals surface area contributed by atoms with Crippen LogP contribution >= 0.6 is 23.1 Å². The molecule has 0 amide bonds. The summed E-state index contributed by atoms with van der Waals surface area (Å²) in [5.74, 6) is 0.619. The van der Waals surface area contributed by atoms with E-state index in [9.17, 15) is 0 Å². The van der Waals surface area contributed by atoms with Crippen molar-refractivity contribution in [2.75, 3.05) is 0 Å². The summed E-state index contributed by atoms with van der Waals surface area (Å²) >= 11 is 3.27. The topological polar surface area (TPSA) is 56.0 Å². The smallest absolute Gasteiger partial charge is 0.229 e. The normalized spacial score (nSPS) is 11.4. The highest BCUT2D eigenvalue weighted by molar-refractivity contribution is 8.01. The highest BCUT2D eigenvalue weighted by Gasteiger charge is 2.10. The maximum absolute atomic E-state index is 4.63. The average molecular weight is 299 g/mol. The maximum atomic E-state index is 4.63. The molecule has 0 aliphatic heterocycles. The van der Waals surface area contributed by atoms with Gasteiger partial charge >= 0.3 is 0 Å². The zero-order chi connectivity index (χ0) is 13.5. The Morgan fingerprint density at radius 3 is 3.00 bits per heavy atom. The third-order valence-corrected chi connectivity index (χ3v) is 4.91. The number of rotatable bonds is 2. The summed E-state index contributed by atoms with van der Waals surface area (Å²) in [6.07, 6.45) is 1.52. The van der Waals surface area contributed by atoms with Gasteiger partial charge in [-0.15, -0.1) is 11.3 Å². The molecule has 0 spiro atoms. The predicted molar refractivity (Wildman–Crippen MR) is 79.3 cm³/mol. The van der Waals surface area contributed by atoms with Gasteiger partial charge in [0.05, 0.1) is 10.2 Å². The minimum absolute atomic E-state index is 0.619. The monoisotopic (exact) mass is 299 g/mol. The van der Waals surface area contributed by atoms with E-state index in [1.165, 1.54) is 11.0 Å². The van der Waals surface area contributed by atoms with E-state index >= 15 is 0 Å². The van der Waals surface area contributed by atoms with Crippen molar-refractivity contribution in [1.29, 1.82) is 0 Å². The Morgan fingerprint density at radius 2 is 2.10 bits per heavy atom. The molecule has 7 heteroatoms. The maximum Gasteiger partial charge on any atom is 0.253 e. The summed E-state index contributed by atoms with van der Waals surface area (Å²) < 4.78 is 3.92. The number of aryl methyl sites for hydroxylation is 1. The Labute approximate surface area is 122 Å². The molecule has 0 N–H and O–H groups in total. The zero-order valence-electron chi connectivity index (χ0n) is 10.5. The van der Waals surface area contributed by atoms with Gasteiger partial charge in [-0.1, -0.05) is 12.1 Å². The van der Waals surface area contributed by atoms with Gasteiger partial charge in [0.15, 0.2) is 4.34 Å². The fourth-order valence-electron chi connectivity index (χ4n) is 1.95. The Kier molecular flexibility index (Phi) is 2.68. The van der Waals surface area contributed by atoms with Gasteiger partial charge in [0, 0.05) is 5.69 Å². The lowest BCUT2D eigenvalue weighted by molar-refractivity contribution is 0.833. The third-order valence-electron chi connectivity index (χ3n) is 2.81. The van der Waals surface area contributed by atoms with Crippen LogP contribution in [0.5, 0.6) is 0 Å². The second-order valence-corrected chi connectivity index (χ2v) is 6.56. The highest BCUT2D eigenvalue weighted by Crippen LogP contribution is 2.34. The van der Waals surface area contributed by atoms with Crippen LogP contribution in [0.4, 0.5) is 0 Å². The van der Waals surface area contributed by atoms with E-state index in [1.807, 2.05) is 31.2 Å². The summed E-state index contributed by atoms with van der Waals surface area (Å²) in [4.78, 5) is 13.1. The van der Waals surface area contributed by atoms with E-state index < -0.39 is 0 Å². The Hall–Kier alpha value is -1.99. The van der Waals surface area contributed by atoms with E-state index in [-0.39, 0.29) is 0 Å². The van der Waals surface area contributed by atoms with Crippen molar-refractivity contribution >= 4 is 39.1 Å². The van der Waals surface area contributed by atoms with Crippen LogP contribution in [-0.2, 0) is 0 Å². The second kappa shape index (κ2) is 4.53. The molecule has 20 heavy (non-hydrogen) atoms. The molecule has 1 aromatic carbocycles. The molecule has 0 bridgehead atoms. The molecule has 0 radical (unpaired) electrons. The summed E-state index contributed by atoms with van der Waals surface area (Å²) in [5, 5.41) is 5.18. The van der Waals surface area contributed by atoms with E-state index in [0.717, 1.165) is 20.6 Å². The number of thiazole rings is 1. The van der Waals surface area contributed by atoms with Crippen molar-refractivity contribution in [3.8, 4) is 0 Å². The minimum Gasteiger partial charge on any atom is -0.229 e. The number of aromatic nitrogens is 5. The molecule has 0 fully saturated rings. The van der Waals surface area contributed by atoms with Gasteiger partial charge in [0.2, 0.25) is 0 Å². The lowest BCUT2D eigenvalue weighted by Gasteiger charge is -2.01. The first-order chi connectivity index (χ1) is 9.79. The average Bonchev–Trinajstić information content (AvgIpc) is 3.03. The summed E-state index contributed by atoms with van der Waals surface area (Å²) in [7, 11) is 0. The highest BCUT2D eigenvalue weighted by atomic mass is 32.2. The van der Waals surface area contributed by atoms with Crippen LogP contribution in [-0.4, -0.2) is 24.6 Å². The molecular formula is C13H9N5S2. The fourth-order valence-corrected chi connectivity index (χ4v) is 4.11. The first-order valence-corrected chi connectivity index (χ1v) is 7.64. The van der Waals surface area contributed by atoms with Crippen molar-refractivity contribution < 1.29 is 0 Å². The number of nitrogens with zero attached hydrogens (tertiary/aromatic N) is 5. The molecule has 4 rings (SSSR count). The molecule has 0 aliphatic carbocycles. The van der Waals surface area contributed by atoms with Crippen molar-refractivity contribution in [2.45, 2.75) is 16.3 Å². The lowest BCUT2D eigenvalue weighted by atomic mass is 10.3. The van der Waals surface area contributed by atoms with Crippen LogP contribution in [0.3, 0.4) is 0 Å². The number of para-hydroxylation sites is 1. The number of hydrogen-bond acceptors (Lipinski definition) is 6. The SMILES string of the molecule is Cc1cc(Sc2nc3ccccc3s2)n2ncnc2n1. The second-order valence-electron chi connectivity index (χ2n) is 4.26. The van der Waals surface area contributed by atoms with Gasteiger partial charge in [-0.3, -0.25) is 0 Å². The van der Waals surface area contributed by atoms with Crippen molar-refractivity contribution in [3.63, 3.8) is 0 Å². The van der Waals surface area contributed by atoms with E-state index in [2.05, 4.69) is 26.1 Å². The molecule has 0 saturated heterocycles. The minimum atomic E-state index is 0.619. The van der Waals surface area contributed by atoms with E-state index in [0.29, 0.717) is 5.78 Å². The van der Waals surface area contributed by atoms with E-state index in [1.54, 1.807) is 27.6 Å². The van der Waals surface area contributed by atoms with Crippen LogP contribution in [0.25, 0.3) is 16.0 Å². The van der Waals surface area contributed by atoms with Gasteiger partial charge < -0.3 is 0 Å². The molecule has 3 aromatic heterocycles. The summed E-state index contributed by atoms with van der Waals surface area (Å²) in [6, 6.07) is 10.1. The molecule has 98 valence electrons. The third kappa shape index (κ3) is 1.95. The number of fused-ring (bicyclic) bond motifs is 2. The molecule has 5 nitrogen and oxygen atoms in total. The van der Waals surface area contributed by atoms with Gasteiger partial charge in [0.1, 0.15) is 11.4 Å². The van der Waals surface area contributed by atoms with Crippen LogP contribution in [0.2, 0.25) is 0 Å². The van der Waals surface area contributed by atoms with Gasteiger partial charge in [-0.2, -0.15) is 14.6 Å². The molecule has 0 aliphatic rings. The quantitative estimate of drug-likeness (QED) is 0.532. The van der Waals surface area contributed by atoms with Gasteiger partial charge in [-0.05, 0) is 36.9 Å². The summed E-state index contributed by atoms with van der Waals surface area (Å²) in [6.45, 7) is 1.96. The Balaban J connectivity index is 1.81. The Bertz CT molecular complexity index is 878. The van der Waals surface area contributed by atoms with Gasteiger partial charge in [0.25, 0.3) is 5.78 Å². The molecule has 0 saturated carbocycles. The first kappa shape index (κ1) is 11.8. The largest absolute Gasteiger partial charge is 0.253 e. The lowest BCUT2D eigenvalue weighted by Crippen LogP contribution is -1.96. The summed E-state index contributed by atoms with van der Waals surface area (Å²) in [5.41, 5.74) is 1.95. The molecular weight excluding hydrogens is 290 g/mol. The number of hydrogen-bond donors (Lipinski definition) is 0. The van der Waals surface area contributed by atoms with Crippen molar-refractivity contribution in [1.82, 2.24) is 24.6 Å². The molecule has 0 atom stereocenters. The van der Waals surface area contributed by atoms with Crippen molar-refractivity contribution in [2.24, 2.45) is 0 Å². The number of benzene rings is 1. The van der Waals surface area contributed by atoms with Crippen LogP contribution in [0.1, 0.15) is 5.69 Å². The van der Waals surface area contributed by atoms with Crippen LogP contribution in [0, 0.1) is 6.92 Å². The zero-order valence-corrected chi connectivity index (χ0v) is 12.1. The van der Waals surface area contributed by atoms with E-state index in [4.69, 9.17) is 0 Å². The first-order valence-electron chi connectivity index (χ1n) is 6.00. The van der Waals surface area contributed by atoms with Crippen LogP contribution in [0.15, 0.2) is 46.0 Å². The van der Waals surface area contributed by atoms with Gasteiger partial charge in [-0.25, -0.2) is 9.97 Å². The molecule has 3 heterocycles. The van der Waals surface area contributed by atoms with Crippen molar-refractivity contribution in [3.05, 3.63) is 42.4 Å². The molecule has 4 aromatic rings. The molecule has 0 unspecified atom stereocenters. The fraction of sp³-hybridized carbons (Fsp3) is 0.0769.